The molecule has 4 heterocycles. The summed E-state index contributed by atoms with van der Waals surface area (Å²) in [7, 11) is 1.70. The van der Waals surface area contributed by atoms with Crippen LogP contribution in [0.2, 0.25) is 4.34 Å². The molecular weight excluding hydrogens is 541 g/mol. The van der Waals surface area contributed by atoms with Crippen LogP contribution >= 0.6 is 22.9 Å². The monoisotopic (exact) mass is 565 g/mol. The minimum atomic E-state index is -0.352. The lowest BCUT2D eigenvalue weighted by molar-refractivity contribution is 0.0315. The number of rotatable bonds is 7. The molecule has 200 valence electrons. The highest BCUT2D eigenvalue weighted by molar-refractivity contribution is 7.18. The van der Waals surface area contributed by atoms with Crippen LogP contribution in [0.3, 0.4) is 0 Å². The smallest absolute Gasteiger partial charge is 0.261 e. The van der Waals surface area contributed by atoms with Crippen molar-refractivity contribution in [2.24, 2.45) is 5.92 Å². The first kappa shape index (κ1) is 25.6. The molecule has 0 saturated heterocycles. The molecule has 4 aromatic heterocycles. The van der Waals surface area contributed by atoms with Gasteiger partial charge in [-0.3, -0.25) is 14.9 Å². The van der Waals surface area contributed by atoms with E-state index in [2.05, 4.69) is 30.0 Å². The van der Waals surface area contributed by atoms with E-state index >= 15 is 4.39 Å². The number of imidazole rings is 1. The topological polar surface area (TPSA) is 111 Å². The summed E-state index contributed by atoms with van der Waals surface area (Å²) >= 11 is 7.26. The number of aromatic nitrogens is 6. The van der Waals surface area contributed by atoms with Crippen molar-refractivity contribution >= 4 is 39.9 Å². The van der Waals surface area contributed by atoms with Crippen LogP contribution in [0.5, 0.6) is 0 Å². The van der Waals surface area contributed by atoms with Gasteiger partial charge in [-0.15, -0.1) is 11.3 Å². The fourth-order valence-electron chi connectivity index (χ4n) is 5.34. The maximum absolute atomic E-state index is 15.1. The third-order valence-corrected chi connectivity index (χ3v) is 8.36. The van der Waals surface area contributed by atoms with Gasteiger partial charge in [-0.25, -0.2) is 14.4 Å². The van der Waals surface area contributed by atoms with Crippen LogP contribution in [-0.4, -0.2) is 55.4 Å². The zero-order valence-electron chi connectivity index (χ0n) is 21.0. The molecule has 6 rings (SSSR count). The van der Waals surface area contributed by atoms with Gasteiger partial charge in [-0.05, 0) is 55.5 Å². The number of amides is 1. The number of ether oxygens (including phenoxy) is 1. The average molecular weight is 566 g/mol. The predicted molar refractivity (Wildman–Crippen MR) is 147 cm³/mol. The highest BCUT2D eigenvalue weighted by Crippen LogP contribution is 2.40. The fourth-order valence-corrected chi connectivity index (χ4v) is 6.30. The standard InChI is InChI=1S/C27H25ClFN7O2S/c1-38-17-9-15(12-31-27(37)23-6-7-24(28)39-23)8-16(10-17)36-22-11-20(25-32-14-33-35-25)30-13-21(22)34-26(36)18-4-2-3-5-19(18)29/h2-7,11,13-17H,8-10,12H2,1H3,(H,31,37)(H,32,33,35)/t15?,16-,17-/m0/s1. The second-order valence-corrected chi connectivity index (χ2v) is 11.3. The van der Waals surface area contributed by atoms with Gasteiger partial charge in [0.2, 0.25) is 0 Å². The van der Waals surface area contributed by atoms with Gasteiger partial charge in [0.1, 0.15) is 29.2 Å². The lowest BCUT2D eigenvalue weighted by Crippen LogP contribution is -2.36. The molecule has 1 aliphatic carbocycles. The summed E-state index contributed by atoms with van der Waals surface area (Å²) in [4.78, 5) is 26.8. The first-order chi connectivity index (χ1) is 19.0. The number of hydrogen-bond acceptors (Lipinski definition) is 7. The molecule has 1 saturated carbocycles. The number of aromatic amines is 1. The molecule has 3 atom stereocenters. The summed E-state index contributed by atoms with van der Waals surface area (Å²) < 4.78 is 23.6. The Bertz CT molecular complexity index is 1620. The van der Waals surface area contributed by atoms with E-state index in [0.29, 0.717) is 50.6 Å². The van der Waals surface area contributed by atoms with Crippen molar-refractivity contribution in [2.45, 2.75) is 31.4 Å². The Labute approximate surface area is 232 Å². The third kappa shape index (κ3) is 5.17. The number of fused-ring (bicyclic) bond motifs is 1. The van der Waals surface area contributed by atoms with Gasteiger partial charge in [-0.2, -0.15) is 5.10 Å². The number of benzene rings is 1. The number of pyridine rings is 1. The number of nitrogens with zero attached hydrogens (tertiary/aromatic N) is 5. The van der Waals surface area contributed by atoms with Crippen LogP contribution < -0.4 is 5.32 Å². The Morgan fingerprint density at radius 3 is 2.85 bits per heavy atom. The third-order valence-electron chi connectivity index (χ3n) is 7.13. The fraction of sp³-hybridized carbons (Fsp3) is 0.296. The molecular formula is C27H25ClFN7O2S. The van der Waals surface area contributed by atoms with Crippen molar-refractivity contribution in [3.63, 3.8) is 0 Å². The van der Waals surface area contributed by atoms with Gasteiger partial charge < -0.3 is 14.6 Å². The van der Waals surface area contributed by atoms with Gasteiger partial charge in [0.15, 0.2) is 5.82 Å². The molecule has 0 spiro atoms. The van der Waals surface area contributed by atoms with Crippen LogP contribution in [0.1, 0.15) is 35.0 Å². The molecule has 1 aliphatic rings. The van der Waals surface area contributed by atoms with E-state index in [9.17, 15) is 4.79 Å². The summed E-state index contributed by atoms with van der Waals surface area (Å²) in [6, 6.07) is 11.9. The van der Waals surface area contributed by atoms with E-state index in [1.165, 1.54) is 23.7 Å². The van der Waals surface area contributed by atoms with E-state index in [1.54, 1.807) is 43.6 Å². The average Bonchev–Trinajstić information content (AvgIpc) is 3.71. The van der Waals surface area contributed by atoms with Crippen molar-refractivity contribution in [3.8, 4) is 22.9 Å². The Hall–Kier alpha value is -3.67. The Kier molecular flexibility index (Phi) is 7.11. The van der Waals surface area contributed by atoms with E-state index < -0.39 is 0 Å². The largest absolute Gasteiger partial charge is 0.381 e. The van der Waals surface area contributed by atoms with Crippen LogP contribution in [0, 0.1) is 11.7 Å². The van der Waals surface area contributed by atoms with E-state index in [-0.39, 0.29) is 29.8 Å². The number of thiophene rings is 1. The molecule has 1 aromatic carbocycles. The molecule has 2 N–H and O–H groups in total. The minimum Gasteiger partial charge on any atom is -0.381 e. The lowest BCUT2D eigenvalue weighted by atomic mass is 9.83. The summed E-state index contributed by atoms with van der Waals surface area (Å²) in [6.07, 6.45) is 5.33. The second-order valence-electron chi connectivity index (χ2n) is 9.58. The van der Waals surface area contributed by atoms with Crippen molar-refractivity contribution in [1.82, 2.24) is 35.0 Å². The Balaban J connectivity index is 1.38. The molecule has 5 aromatic rings. The number of carbonyl (C=O) groups excluding carboxylic acids is 1. The minimum absolute atomic E-state index is 0.0386. The Morgan fingerprint density at radius 2 is 2.10 bits per heavy atom. The molecule has 39 heavy (non-hydrogen) atoms. The zero-order valence-corrected chi connectivity index (χ0v) is 22.5. The summed E-state index contributed by atoms with van der Waals surface area (Å²) in [5, 5.41) is 9.84. The first-order valence-corrected chi connectivity index (χ1v) is 13.7. The van der Waals surface area contributed by atoms with Gasteiger partial charge in [0, 0.05) is 19.7 Å². The highest BCUT2D eigenvalue weighted by atomic mass is 35.5. The summed E-state index contributed by atoms with van der Waals surface area (Å²) in [6.45, 7) is 0.483. The quantitative estimate of drug-likeness (QED) is 0.269. The van der Waals surface area contributed by atoms with Crippen LogP contribution in [0.4, 0.5) is 4.39 Å². The van der Waals surface area contributed by atoms with E-state index in [0.717, 1.165) is 18.4 Å². The Morgan fingerprint density at radius 1 is 1.23 bits per heavy atom. The second kappa shape index (κ2) is 10.8. The van der Waals surface area contributed by atoms with Gasteiger partial charge in [0.25, 0.3) is 5.91 Å². The van der Waals surface area contributed by atoms with Crippen molar-refractivity contribution < 1.29 is 13.9 Å². The number of halogens is 2. The maximum atomic E-state index is 15.1. The van der Waals surface area contributed by atoms with E-state index in [1.807, 2.05) is 6.07 Å². The number of methoxy groups -OCH3 is 1. The molecule has 12 heteroatoms. The number of H-pyrrole nitrogens is 1. The molecule has 0 bridgehead atoms. The predicted octanol–water partition coefficient (Wildman–Crippen LogP) is 5.52. The molecule has 9 nitrogen and oxygen atoms in total. The number of nitrogens with one attached hydrogen (secondary N) is 2. The lowest BCUT2D eigenvalue weighted by Gasteiger charge is -2.36. The molecule has 1 amide bonds. The van der Waals surface area contributed by atoms with Gasteiger partial charge in [0.05, 0.1) is 32.6 Å². The SMILES string of the molecule is CO[C@H]1CC(CNC(=O)c2ccc(Cl)s2)C[C@H](n2c(-c3ccccc3F)nc3cnc(-c4ncn[nH]4)cc32)C1. The van der Waals surface area contributed by atoms with Gasteiger partial charge in [-0.1, -0.05) is 23.7 Å². The van der Waals surface area contributed by atoms with Crippen LogP contribution in [0.15, 0.2) is 55.0 Å². The molecule has 0 radical (unpaired) electrons. The molecule has 1 unspecified atom stereocenters. The molecule has 0 aliphatic heterocycles. The van der Waals surface area contributed by atoms with E-state index in [4.69, 9.17) is 21.3 Å². The van der Waals surface area contributed by atoms with Crippen LogP contribution in [0.25, 0.3) is 33.9 Å². The number of carbonyl (C=O) groups is 1. The summed E-state index contributed by atoms with van der Waals surface area (Å²) in [5.74, 6) is 0.692. The van der Waals surface area contributed by atoms with Gasteiger partial charge >= 0.3 is 0 Å². The van der Waals surface area contributed by atoms with Crippen molar-refractivity contribution in [1.29, 1.82) is 0 Å². The normalized spacial score (nSPS) is 19.4. The van der Waals surface area contributed by atoms with Crippen LogP contribution in [-0.2, 0) is 4.74 Å². The maximum Gasteiger partial charge on any atom is 0.261 e. The highest BCUT2D eigenvalue weighted by Gasteiger charge is 2.33. The zero-order chi connectivity index (χ0) is 26.9. The first-order valence-electron chi connectivity index (χ1n) is 12.5. The van der Waals surface area contributed by atoms with Crippen molar-refractivity contribution in [3.05, 3.63) is 70.0 Å². The molecule has 1 fully saturated rings. The number of hydrogen-bond donors (Lipinski definition) is 2. The summed E-state index contributed by atoms with van der Waals surface area (Å²) in [5.41, 5.74) is 2.48. The van der Waals surface area contributed by atoms with Crippen molar-refractivity contribution in [2.75, 3.05) is 13.7 Å².